The average Bonchev–Trinajstić information content (AvgIpc) is 2.96. The van der Waals surface area contributed by atoms with E-state index in [1.54, 1.807) is 32.5 Å². The van der Waals surface area contributed by atoms with Crippen LogP contribution in [0.5, 0.6) is 5.75 Å². The van der Waals surface area contributed by atoms with Gasteiger partial charge in [0.15, 0.2) is 0 Å². The molecule has 3 aromatic rings. The van der Waals surface area contributed by atoms with Crippen molar-refractivity contribution in [3.05, 3.63) is 54.2 Å². The van der Waals surface area contributed by atoms with Crippen LogP contribution in [-0.2, 0) is 11.2 Å². The van der Waals surface area contributed by atoms with E-state index in [0.717, 1.165) is 11.3 Å². The maximum absolute atomic E-state index is 12.1. The number of aromatic nitrogens is 3. The Morgan fingerprint density at radius 2 is 1.92 bits per heavy atom. The second-order valence-electron chi connectivity index (χ2n) is 5.05. The first-order chi connectivity index (χ1) is 11.7. The summed E-state index contributed by atoms with van der Waals surface area (Å²) in [6, 6.07) is 9.04. The minimum absolute atomic E-state index is 0.0870. The van der Waals surface area contributed by atoms with Crippen LogP contribution < -0.4 is 10.1 Å². The van der Waals surface area contributed by atoms with E-state index in [-0.39, 0.29) is 18.3 Å². The van der Waals surface area contributed by atoms with Crippen molar-refractivity contribution in [1.29, 1.82) is 0 Å². The molecule has 0 bridgehead atoms. The molecule has 0 atom stereocenters. The van der Waals surface area contributed by atoms with Gasteiger partial charge in [0.25, 0.3) is 0 Å². The first-order valence-corrected chi connectivity index (χ1v) is 7.33. The number of aryl methyl sites for hydroxylation is 1. The number of anilines is 1. The topological polar surface area (TPSA) is 90.1 Å². The number of benzene rings is 1. The second kappa shape index (κ2) is 6.91. The van der Waals surface area contributed by atoms with Gasteiger partial charge < -0.3 is 9.15 Å². The summed E-state index contributed by atoms with van der Waals surface area (Å²) in [5.74, 6) is 1.83. The van der Waals surface area contributed by atoms with Crippen molar-refractivity contribution in [3.8, 4) is 17.2 Å². The van der Waals surface area contributed by atoms with Gasteiger partial charge in [-0.2, -0.15) is 0 Å². The summed E-state index contributed by atoms with van der Waals surface area (Å²) in [5, 5.41) is 2.62. The molecule has 0 saturated heterocycles. The number of hydrogen-bond donors (Lipinski definition) is 1. The van der Waals surface area contributed by atoms with Crippen molar-refractivity contribution in [2.45, 2.75) is 13.3 Å². The highest BCUT2D eigenvalue weighted by atomic mass is 16.5. The summed E-state index contributed by atoms with van der Waals surface area (Å²) >= 11 is 0. The number of amides is 1. The molecule has 2 aromatic heterocycles. The predicted octanol–water partition coefficient (Wildman–Crippen LogP) is 2.63. The molecule has 0 aliphatic carbocycles. The first kappa shape index (κ1) is 15.7. The SMILES string of the molecule is COc1ccc(-c2nc(CC(=O)Nc3ncccn3)c(C)o2)cc1. The molecule has 0 aliphatic rings. The summed E-state index contributed by atoms with van der Waals surface area (Å²) in [6.45, 7) is 1.78. The normalized spacial score (nSPS) is 10.4. The van der Waals surface area contributed by atoms with Gasteiger partial charge in [-0.15, -0.1) is 0 Å². The highest BCUT2D eigenvalue weighted by Gasteiger charge is 2.15. The molecule has 1 amide bonds. The van der Waals surface area contributed by atoms with Crippen molar-refractivity contribution >= 4 is 11.9 Å². The van der Waals surface area contributed by atoms with Crippen LogP contribution in [0.25, 0.3) is 11.5 Å². The number of methoxy groups -OCH3 is 1. The van der Waals surface area contributed by atoms with Crippen LogP contribution in [0.1, 0.15) is 11.5 Å². The van der Waals surface area contributed by atoms with E-state index in [1.807, 2.05) is 24.3 Å². The fourth-order valence-corrected chi connectivity index (χ4v) is 2.13. The summed E-state index contributed by atoms with van der Waals surface area (Å²) < 4.78 is 10.8. The van der Waals surface area contributed by atoms with E-state index in [4.69, 9.17) is 9.15 Å². The minimum Gasteiger partial charge on any atom is -0.497 e. The van der Waals surface area contributed by atoms with Crippen molar-refractivity contribution in [1.82, 2.24) is 15.0 Å². The van der Waals surface area contributed by atoms with Gasteiger partial charge >= 0.3 is 0 Å². The van der Waals surface area contributed by atoms with Crippen LogP contribution in [0.4, 0.5) is 5.95 Å². The Labute approximate surface area is 138 Å². The van der Waals surface area contributed by atoms with Crippen molar-refractivity contribution < 1.29 is 13.9 Å². The predicted molar refractivity (Wildman–Crippen MR) is 87.6 cm³/mol. The van der Waals surface area contributed by atoms with Gasteiger partial charge in [0.1, 0.15) is 11.5 Å². The van der Waals surface area contributed by atoms with Crippen LogP contribution in [0.3, 0.4) is 0 Å². The van der Waals surface area contributed by atoms with Crippen LogP contribution in [0, 0.1) is 6.92 Å². The Balaban J connectivity index is 1.72. The summed E-state index contributed by atoms with van der Waals surface area (Å²) in [5.41, 5.74) is 1.39. The van der Waals surface area contributed by atoms with Gasteiger partial charge in [-0.3, -0.25) is 10.1 Å². The maximum Gasteiger partial charge on any atom is 0.232 e. The molecule has 0 aliphatic heterocycles. The number of nitrogens with zero attached hydrogens (tertiary/aromatic N) is 3. The van der Waals surface area contributed by atoms with Crippen molar-refractivity contribution in [2.24, 2.45) is 0 Å². The van der Waals surface area contributed by atoms with E-state index >= 15 is 0 Å². The Morgan fingerprint density at radius 3 is 2.58 bits per heavy atom. The lowest BCUT2D eigenvalue weighted by Gasteiger charge is -2.01. The van der Waals surface area contributed by atoms with Crippen LogP contribution >= 0.6 is 0 Å². The third-order valence-electron chi connectivity index (χ3n) is 3.37. The number of nitrogens with one attached hydrogen (secondary N) is 1. The Morgan fingerprint density at radius 1 is 1.21 bits per heavy atom. The van der Waals surface area contributed by atoms with Gasteiger partial charge in [0.2, 0.25) is 17.7 Å². The standard InChI is InChI=1S/C17H16N4O3/c1-11-14(10-15(22)21-17-18-8-3-9-19-17)20-16(24-11)12-4-6-13(23-2)7-5-12/h3-9H,10H2,1-2H3,(H,18,19,21,22). The Kier molecular flexibility index (Phi) is 4.51. The third-order valence-corrected chi connectivity index (χ3v) is 3.37. The smallest absolute Gasteiger partial charge is 0.232 e. The quantitative estimate of drug-likeness (QED) is 0.776. The van der Waals surface area contributed by atoms with Gasteiger partial charge in [-0.05, 0) is 37.3 Å². The van der Waals surface area contributed by atoms with Crippen LogP contribution in [0.2, 0.25) is 0 Å². The lowest BCUT2D eigenvalue weighted by Crippen LogP contribution is -2.16. The Hall–Kier alpha value is -3.22. The van der Waals surface area contributed by atoms with E-state index in [0.29, 0.717) is 17.3 Å². The third kappa shape index (κ3) is 3.57. The maximum atomic E-state index is 12.1. The zero-order valence-electron chi connectivity index (χ0n) is 13.3. The molecule has 0 unspecified atom stereocenters. The number of rotatable bonds is 5. The zero-order valence-corrected chi connectivity index (χ0v) is 13.3. The zero-order chi connectivity index (χ0) is 16.9. The molecule has 1 N–H and O–H groups in total. The van der Waals surface area contributed by atoms with Crippen molar-refractivity contribution in [3.63, 3.8) is 0 Å². The van der Waals surface area contributed by atoms with Gasteiger partial charge in [0.05, 0.1) is 19.2 Å². The molecular weight excluding hydrogens is 308 g/mol. The van der Waals surface area contributed by atoms with Crippen LogP contribution in [0.15, 0.2) is 47.1 Å². The number of carbonyl (C=O) groups is 1. The van der Waals surface area contributed by atoms with E-state index in [1.165, 1.54) is 0 Å². The highest BCUT2D eigenvalue weighted by molar-refractivity contribution is 5.90. The molecule has 7 nitrogen and oxygen atoms in total. The second-order valence-corrected chi connectivity index (χ2v) is 5.05. The number of carbonyl (C=O) groups excluding carboxylic acids is 1. The molecule has 0 saturated carbocycles. The average molecular weight is 324 g/mol. The largest absolute Gasteiger partial charge is 0.497 e. The molecular formula is C17H16N4O3. The molecule has 0 fully saturated rings. The minimum atomic E-state index is -0.251. The molecule has 122 valence electrons. The van der Waals surface area contributed by atoms with Crippen LogP contribution in [-0.4, -0.2) is 28.0 Å². The molecule has 0 spiro atoms. The van der Waals surface area contributed by atoms with Gasteiger partial charge in [-0.1, -0.05) is 0 Å². The summed E-state index contributed by atoms with van der Waals surface area (Å²) in [7, 11) is 1.61. The molecule has 2 heterocycles. The monoisotopic (exact) mass is 324 g/mol. The number of hydrogen-bond acceptors (Lipinski definition) is 6. The van der Waals surface area contributed by atoms with E-state index < -0.39 is 0 Å². The fourth-order valence-electron chi connectivity index (χ4n) is 2.13. The highest BCUT2D eigenvalue weighted by Crippen LogP contribution is 2.24. The molecule has 24 heavy (non-hydrogen) atoms. The number of oxazole rings is 1. The summed E-state index contributed by atoms with van der Waals surface area (Å²) in [6.07, 6.45) is 3.21. The molecule has 7 heteroatoms. The molecule has 1 aromatic carbocycles. The van der Waals surface area contributed by atoms with Gasteiger partial charge in [0, 0.05) is 18.0 Å². The lowest BCUT2D eigenvalue weighted by molar-refractivity contribution is -0.115. The van der Waals surface area contributed by atoms with E-state index in [2.05, 4.69) is 20.3 Å². The Bertz CT molecular complexity index is 829. The van der Waals surface area contributed by atoms with Gasteiger partial charge in [-0.25, -0.2) is 15.0 Å². The van der Waals surface area contributed by atoms with E-state index in [9.17, 15) is 4.79 Å². The summed E-state index contributed by atoms with van der Waals surface area (Å²) in [4.78, 5) is 24.4. The number of ether oxygens (including phenoxy) is 1. The first-order valence-electron chi connectivity index (χ1n) is 7.33. The fraction of sp³-hybridized carbons (Fsp3) is 0.176. The molecule has 3 rings (SSSR count). The van der Waals surface area contributed by atoms with Crippen molar-refractivity contribution in [2.75, 3.05) is 12.4 Å². The molecule has 0 radical (unpaired) electrons. The lowest BCUT2D eigenvalue weighted by atomic mass is 10.2.